The maximum absolute atomic E-state index is 13.0. The Morgan fingerprint density at radius 3 is 2.12 bits per heavy atom. The van der Waals surface area contributed by atoms with Crippen LogP contribution in [0.4, 0.5) is 18.9 Å². The number of sulfone groups is 1. The summed E-state index contributed by atoms with van der Waals surface area (Å²) in [4.78, 5) is 27.9. The molecule has 1 aliphatic rings. The van der Waals surface area contributed by atoms with Gasteiger partial charge in [-0.1, -0.05) is 38.1 Å². The Balaban J connectivity index is 1.48. The van der Waals surface area contributed by atoms with Crippen molar-refractivity contribution in [1.82, 2.24) is 5.32 Å². The molecule has 7 nitrogen and oxygen atoms in total. The molecule has 1 unspecified atom stereocenters. The molecule has 0 aliphatic carbocycles. The highest BCUT2D eigenvalue weighted by atomic mass is 32.2. The van der Waals surface area contributed by atoms with Gasteiger partial charge in [-0.25, -0.2) is 8.42 Å². The van der Waals surface area contributed by atoms with E-state index in [1.54, 1.807) is 50.2 Å². The van der Waals surface area contributed by atoms with E-state index in [2.05, 4.69) is 5.32 Å². The summed E-state index contributed by atoms with van der Waals surface area (Å²) in [6.45, 7) is 3.36. The first-order valence-electron chi connectivity index (χ1n) is 13.7. The third-order valence-electron chi connectivity index (χ3n) is 7.70. The lowest BCUT2D eigenvalue weighted by atomic mass is 9.94. The molecular formula is C31H33F3N2O5S. The van der Waals surface area contributed by atoms with Crippen LogP contribution in [0.5, 0.6) is 0 Å². The second kappa shape index (κ2) is 12.7. The van der Waals surface area contributed by atoms with E-state index in [1.807, 2.05) is 4.90 Å². The minimum atomic E-state index is -4.42. The zero-order valence-electron chi connectivity index (χ0n) is 23.3. The van der Waals surface area contributed by atoms with Crippen molar-refractivity contribution in [2.24, 2.45) is 0 Å². The molecule has 0 spiro atoms. The number of anilines is 1. The predicted octanol–water partition coefficient (Wildman–Crippen LogP) is 5.30. The topological polar surface area (TPSA) is 104 Å². The zero-order chi connectivity index (χ0) is 30.7. The van der Waals surface area contributed by atoms with Gasteiger partial charge in [0.15, 0.2) is 15.6 Å². The number of aliphatic hydroxyl groups is 1. The highest BCUT2D eigenvalue weighted by Gasteiger charge is 2.37. The third kappa shape index (κ3) is 6.84. The number of nitrogens with zero attached hydrogens (tertiary/aromatic N) is 1. The number of carbonyl (C=O) groups is 2. The third-order valence-corrected chi connectivity index (χ3v) is 9.45. The first kappa shape index (κ1) is 31.2. The van der Waals surface area contributed by atoms with Gasteiger partial charge in [0, 0.05) is 30.1 Å². The van der Waals surface area contributed by atoms with Crippen LogP contribution in [-0.2, 0) is 20.8 Å². The average Bonchev–Trinajstić information content (AvgIpc) is 3.45. The van der Waals surface area contributed by atoms with Gasteiger partial charge < -0.3 is 15.3 Å². The average molecular weight is 603 g/mol. The maximum Gasteiger partial charge on any atom is 0.416 e. The molecule has 11 heteroatoms. The zero-order valence-corrected chi connectivity index (χ0v) is 24.1. The first-order valence-corrected chi connectivity index (χ1v) is 15.3. The van der Waals surface area contributed by atoms with Crippen LogP contribution in [0.1, 0.15) is 65.7 Å². The van der Waals surface area contributed by atoms with E-state index >= 15 is 0 Å². The summed E-state index contributed by atoms with van der Waals surface area (Å²) in [6.07, 6.45) is -3.64. The number of rotatable bonds is 10. The standard InChI is InChI=1S/C31H33F3N2O5S/c1-3-29(38)28-17-23(20-5-11-24(12-6-20)31(32,33)34)18-36(28)25-13-7-22(8-14-25)30(39)35-27(19-37)21-9-15-26(16-10-21)42(40,41)4-2/h5-16,23,27-28,37H,3-4,17-19H2,1-2H3,(H,35,39)/t23?,27-,28-/m0/s1. The number of Topliss-reactive ketones (excluding diaryl/α,β-unsaturated/α-hetero) is 1. The van der Waals surface area contributed by atoms with E-state index in [0.29, 0.717) is 36.2 Å². The molecule has 0 bridgehead atoms. The lowest BCUT2D eigenvalue weighted by Gasteiger charge is -2.26. The Morgan fingerprint density at radius 2 is 1.60 bits per heavy atom. The van der Waals surface area contributed by atoms with Crippen molar-refractivity contribution in [3.05, 3.63) is 95.1 Å². The van der Waals surface area contributed by atoms with Crippen LogP contribution >= 0.6 is 0 Å². The minimum absolute atomic E-state index is 0.0229. The minimum Gasteiger partial charge on any atom is -0.394 e. The molecule has 0 radical (unpaired) electrons. The SMILES string of the molecule is CCC(=O)[C@@H]1CC(c2ccc(C(F)(F)F)cc2)CN1c1ccc(C(=O)N[C@@H](CO)c2ccc(S(=O)(=O)CC)cc2)cc1. The quantitative estimate of drug-likeness (QED) is 0.326. The molecule has 3 aromatic carbocycles. The Morgan fingerprint density at radius 1 is 0.976 bits per heavy atom. The van der Waals surface area contributed by atoms with E-state index in [4.69, 9.17) is 0 Å². The van der Waals surface area contributed by atoms with E-state index < -0.39 is 46.2 Å². The van der Waals surface area contributed by atoms with Gasteiger partial charge in [0.2, 0.25) is 0 Å². The molecule has 3 aromatic rings. The summed E-state index contributed by atoms with van der Waals surface area (Å²) in [5.74, 6) is -0.603. The van der Waals surface area contributed by atoms with Gasteiger partial charge in [-0.2, -0.15) is 13.2 Å². The van der Waals surface area contributed by atoms with E-state index in [9.17, 15) is 36.3 Å². The summed E-state index contributed by atoms with van der Waals surface area (Å²) in [5.41, 5.74) is 1.58. The lowest BCUT2D eigenvalue weighted by Crippen LogP contribution is -2.35. The van der Waals surface area contributed by atoms with E-state index in [1.165, 1.54) is 24.3 Å². The van der Waals surface area contributed by atoms with Crippen LogP contribution < -0.4 is 10.2 Å². The van der Waals surface area contributed by atoms with Crippen molar-refractivity contribution in [1.29, 1.82) is 0 Å². The number of hydrogen-bond donors (Lipinski definition) is 2. The fourth-order valence-electron chi connectivity index (χ4n) is 5.20. The summed E-state index contributed by atoms with van der Waals surface area (Å²) in [6, 6.07) is 16.5. The molecule has 0 saturated carbocycles. The number of carbonyl (C=O) groups excluding carboxylic acids is 2. The molecule has 0 aromatic heterocycles. The molecule has 42 heavy (non-hydrogen) atoms. The highest BCUT2D eigenvalue weighted by molar-refractivity contribution is 7.91. The molecule has 1 amide bonds. The van der Waals surface area contributed by atoms with Gasteiger partial charge >= 0.3 is 6.18 Å². The highest BCUT2D eigenvalue weighted by Crippen LogP contribution is 2.37. The molecule has 1 fully saturated rings. The van der Waals surface area contributed by atoms with Crippen LogP contribution in [0, 0.1) is 0 Å². The Bertz CT molecular complexity index is 1510. The number of aliphatic hydroxyl groups excluding tert-OH is 1. The normalized spacial score (nSPS) is 18.1. The monoisotopic (exact) mass is 602 g/mol. The smallest absolute Gasteiger partial charge is 0.394 e. The number of amides is 1. The van der Waals surface area contributed by atoms with Gasteiger partial charge in [-0.15, -0.1) is 0 Å². The van der Waals surface area contributed by atoms with E-state index in [-0.39, 0.29) is 22.3 Å². The number of ketones is 1. The second-order valence-electron chi connectivity index (χ2n) is 10.3. The summed E-state index contributed by atoms with van der Waals surface area (Å²) < 4.78 is 63.2. The van der Waals surface area contributed by atoms with Crippen molar-refractivity contribution in [3.8, 4) is 0 Å². The molecule has 3 atom stereocenters. The lowest BCUT2D eigenvalue weighted by molar-refractivity contribution is -0.137. The van der Waals surface area contributed by atoms with Gasteiger partial charge in [-0.05, 0) is 66.1 Å². The largest absolute Gasteiger partial charge is 0.416 e. The summed E-state index contributed by atoms with van der Waals surface area (Å²) in [5, 5.41) is 12.6. The molecule has 2 N–H and O–H groups in total. The van der Waals surface area contributed by atoms with Gasteiger partial charge in [-0.3, -0.25) is 9.59 Å². The fraction of sp³-hybridized carbons (Fsp3) is 0.355. The number of benzene rings is 3. The van der Waals surface area contributed by atoms with Gasteiger partial charge in [0.1, 0.15) is 0 Å². The number of alkyl halides is 3. The van der Waals surface area contributed by atoms with Crippen molar-refractivity contribution >= 4 is 27.2 Å². The summed E-state index contributed by atoms with van der Waals surface area (Å²) >= 11 is 0. The number of hydrogen-bond acceptors (Lipinski definition) is 6. The fourth-order valence-corrected chi connectivity index (χ4v) is 6.09. The predicted molar refractivity (Wildman–Crippen MR) is 153 cm³/mol. The van der Waals surface area contributed by atoms with Crippen molar-refractivity contribution < 1.29 is 36.3 Å². The number of nitrogens with one attached hydrogen (secondary N) is 1. The van der Waals surface area contributed by atoms with Gasteiger partial charge in [0.25, 0.3) is 5.91 Å². The van der Waals surface area contributed by atoms with Crippen molar-refractivity contribution in [2.75, 3.05) is 23.8 Å². The van der Waals surface area contributed by atoms with Crippen molar-refractivity contribution in [2.45, 2.75) is 55.8 Å². The van der Waals surface area contributed by atoms with Crippen LogP contribution in [0.15, 0.2) is 77.7 Å². The Labute approximate surface area is 243 Å². The summed E-state index contributed by atoms with van der Waals surface area (Å²) in [7, 11) is -3.38. The molecule has 1 aliphatic heterocycles. The maximum atomic E-state index is 13.0. The molecule has 1 heterocycles. The van der Waals surface area contributed by atoms with Crippen LogP contribution in [-0.4, -0.2) is 50.2 Å². The Kier molecular flexibility index (Phi) is 9.42. The molecule has 4 rings (SSSR count). The van der Waals surface area contributed by atoms with Crippen LogP contribution in [0.3, 0.4) is 0 Å². The van der Waals surface area contributed by atoms with E-state index in [0.717, 1.165) is 17.7 Å². The van der Waals surface area contributed by atoms with Crippen LogP contribution in [0.2, 0.25) is 0 Å². The van der Waals surface area contributed by atoms with Crippen molar-refractivity contribution in [3.63, 3.8) is 0 Å². The Hall–Kier alpha value is -3.70. The second-order valence-corrected chi connectivity index (χ2v) is 12.5. The molecular weight excluding hydrogens is 569 g/mol. The molecule has 1 saturated heterocycles. The molecule has 224 valence electrons. The van der Waals surface area contributed by atoms with Gasteiger partial charge in [0.05, 0.1) is 34.9 Å². The first-order chi connectivity index (χ1) is 19.9. The number of halogens is 3. The van der Waals surface area contributed by atoms with Crippen LogP contribution in [0.25, 0.3) is 0 Å².